The van der Waals surface area contributed by atoms with Crippen LogP contribution in [0.5, 0.6) is 5.75 Å². The van der Waals surface area contributed by atoms with Gasteiger partial charge in [-0.3, -0.25) is 0 Å². The van der Waals surface area contributed by atoms with Crippen LogP contribution in [-0.2, 0) is 0 Å². The molecule has 0 heterocycles. The van der Waals surface area contributed by atoms with Gasteiger partial charge in [0.25, 0.3) is 0 Å². The monoisotopic (exact) mass is 259 g/mol. The Morgan fingerprint density at radius 3 is 2.76 bits per heavy atom. The maximum Gasteiger partial charge on any atom is 0.138 e. The van der Waals surface area contributed by atoms with E-state index in [1.165, 1.54) is 12.1 Å². The lowest BCUT2D eigenvalue weighted by Crippen LogP contribution is -2.22. The van der Waals surface area contributed by atoms with Crippen molar-refractivity contribution in [3.63, 3.8) is 0 Å². The summed E-state index contributed by atoms with van der Waals surface area (Å²) in [5.74, 6) is 0.215. The molecule has 0 aliphatic heterocycles. The van der Waals surface area contributed by atoms with Crippen LogP contribution in [0.4, 0.5) is 4.39 Å². The van der Waals surface area contributed by atoms with Gasteiger partial charge in [-0.1, -0.05) is 24.9 Å². The first kappa shape index (κ1) is 14.3. The summed E-state index contributed by atoms with van der Waals surface area (Å²) in [7, 11) is 1.91. The van der Waals surface area contributed by atoms with E-state index in [2.05, 4.69) is 12.2 Å². The fourth-order valence-electron chi connectivity index (χ4n) is 1.64. The average Bonchev–Trinajstić information content (AvgIpc) is 2.29. The summed E-state index contributed by atoms with van der Waals surface area (Å²) in [6.07, 6.45) is 3.05. The molecule has 17 heavy (non-hydrogen) atoms. The Balaban J connectivity index is 2.64. The maximum absolute atomic E-state index is 12.9. The molecule has 1 N–H and O–H groups in total. The first-order valence-electron chi connectivity index (χ1n) is 5.93. The summed E-state index contributed by atoms with van der Waals surface area (Å²) in [5.41, 5.74) is 0. The Morgan fingerprint density at radius 1 is 1.41 bits per heavy atom. The summed E-state index contributed by atoms with van der Waals surface area (Å²) in [6.45, 7) is 3.01. The van der Waals surface area contributed by atoms with Gasteiger partial charge in [-0.25, -0.2) is 4.39 Å². The van der Waals surface area contributed by atoms with Crippen molar-refractivity contribution in [2.24, 2.45) is 0 Å². The van der Waals surface area contributed by atoms with E-state index in [-0.39, 0.29) is 11.9 Å². The fraction of sp³-hybridized carbons (Fsp3) is 0.538. The molecule has 0 radical (unpaired) electrons. The molecule has 0 saturated heterocycles. The number of rotatable bonds is 7. The molecule has 4 heteroatoms. The van der Waals surface area contributed by atoms with Crippen molar-refractivity contribution in [1.29, 1.82) is 0 Å². The van der Waals surface area contributed by atoms with Crippen molar-refractivity contribution in [1.82, 2.24) is 5.32 Å². The van der Waals surface area contributed by atoms with Crippen molar-refractivity contribution in [2.45, 2.75) is 32.3 Å². The zero-order valence-electron chi connectivity index (χ0n) is 10.3. The minimum atomic E-state index is -0.343. The van der Waals surface area contributed by atoms with E-state index < -0.39 is 0 Å². The second-order valence-electron chi connectivity index (χ2n) is 4.00. The second kappa shape index (κ2) is 7.51. The predicted octanol–water partition coefficient (Wildman–Crippen LogP) is 3.64. The Hall–Kier alpha value is -0.800. The quantitative estimate of drug-likeness (QED) is 0.807. The van der Waals surface area contributed by atoms with Crippen LogP contribution < -0.4 is 10.1 Å². The first-order chi connectivity index (χ1) is 8.17. The van der Waals surface area contributed by atoms with Gasteiger partial charge >= 0.3 is 0 Å². The number of halogens is 2. The van der Waals surface area contributed by atoms with Crippen LogP contribution in [0.2, 0.25) is 5.02 Å². The van der Waals surface area contributed by atoms with Crippen LogP contribution in [0, 0.1) is 5.82 Å². The normalized spacial score (nSPS) is 12.5. The van der Waals surface area contributed by atoms with Crippen LogP contribution in [0.3, 0.4) is 0 Å². The first-order valence-corrected chi connectivity index (χ1v) is 6.31. The molecule has 0 bridgehead atoms. The van der Waals surface area contributed by atoms with E-state index in [1.807, 2.05) is 7.05 Å². The summed E-state index contributed by atoms with van der Waals surface area (Å²) in [5, 5.41) is 3.42. The van der Waals surface area contributed by atoms with E-state index >= 15 is 0 Å². The number of hydrogen-bond donors (Lipinski definition) is 1. The van der Waals surface area contributed by atoms with E-state index in [9.17, 15) is 4.39 Å². The molecule has 0 aromatic heterocycles. The van der Waals surface area contributed by atoms with Crippen molar-refractivity contribution >= 4 is 11.6 Å². The SMILES string of the molecule is CCC[C@@H](CCNC)Oc1ccc(F)cc1Cl. The highest BCUT2D eigenvalue weighted by molar-refractivity contribution is 6.32. The van der Waals surface area contributed by atoms with Gasteiger partial charge in [0.2, 0.25) is 0 Å². The van der Waals surface area contributed by atoms with E-state index in [4.69, 9.17) is 16.3 Å². The van der Waals surface area contributed by atoms with Crippen LogP contribution in [0.15, 0.2) is 18.2 Å². The van der Waals surface area contributed by atoms with Gasteiger partial charge in [-0.2, -0.15) is 0 Å². The molecule has 0 saturated carbocycles. The average molecular weight is 260 g/mol. The van der Waals surface area contributed by atoms with Crippen LogP contribution in [0.25, 0.3) is 0 Å². The molecule has 2 nitrogen and oxygen atoms in total. The minimum Gasteiger partial charge on any atom is -0.489 e. The predicted molar refractivity (Wildman–Crippen MR) is 69.3 cm³/mol. The molecule has 1 atom stereocenters. The number of ether oxygens (including phenoxy) is 1. The Kier molecular flexibility index (Phi) is 6.30. The highest BCUT2D eigenvalue weighted by Gasteiger charge is 2.11. The summed E-state index contributed by atoms with van der Waals surface area (Å²) < 4.78 is 18.7. The summed E-state index contributed by atoms with van der Waals surface area (Å²) in [4.78, 5) is 0. The standard InChI is InChI=1S/C13H19ClFNO/c1-3-4-11(7-8-16-2)17-13-6-5-10(15)9-12(13)14/h5-6,9,11,16H,3-4,7-8H2,1-2H3/t11-/m0/s1. The smallest absolute Gasteiger partial charge is 0.138 e. The summed E-state index contributed by atoms with van der Waals surface area (Å²) in [6, 6.07) is 4.22. The third-order valence-electron chi connectivity index (χ3n) is 2.51. The lowest BCUT2D eigenvalue weighted by Gasteiger charge is -2.19. The summed E-state index contributed by atoms with van der Waals surface area (Å²) >= 11 is 5.93. The van der Waals surface area contributed by atoms with Gasteiger partial charge in [0, 0.05) is 0 Å². The number of nitrogens with one attached hydrogen (secondary N) is 1. The van der Waals surface area contributed by atoms with Crippen molar-refractivity contribution < 1.29 is 9.13 Å². The topological polar surface area (TPSA) is 21.3 Å². The molecule has 0 aliphatic carbocycles. The molecule has 0 spiro atoms. The molecule has 1 aromatic carbocycles. The van der Waals surface area contributed by atoms with E-state index in [0.717, 1.165) is 25.8 Å². The highest BCUT2D eigenvalue weighted by atomic mass is 35.5. The largest absolute Gasteiger partial charge is 0.489 e. The lowest BCUT2D eigenvalue weighted by molar-refractivity contribution is 0.180. The van der Waals surface area contributed by atoms with Crippen molar-refractivity contribution in [2.75, 3.05) is 13.6 Å². The third-order valence-corrected chi connectivity index (χ3v) is 2.81. The zero-order valence-corrected chi connectivity index (χ0v) is 11.1. The molecule has 0 fully saturated rings. The van der Waals surface area contributed by atoms with Gasteiger partial charge in [-0.05, 0) is 44.6 Å². The van der Waals surface area contributed by atoms with Gasteiger partial charge < -0.3 is 10.1 Å². The lowest BCUT2D eigenvalue weighted by atomic mass is 10.1. The number of hydrogen-bond acceptors (Lipinski definition) is 2. The minimum absolute atomic E-state index is 0.121. The molecular weight excluding hydrogens is 241 g/mol. The third kappa shape index (κ3) is 4.92. The van der Waals surface area contributed by atoms with Crippen LogP contribution >= 0.6 is 11.6 Å². The van der Waals surface area contributed by atoms with E-state index in [1.54, 1.807) is 6.07 Å². The van der Waals surface area contributed by atoms with Gasteiger partial charge in [0.05, 0.1) is 11.1 Å². The van der Waals surface area contributed by atoms with Gasteiger partial charge in [-0.15, -0.1) is 0 Å². The molecule has 1 rings (SSSR count). The second-order valence-corrected chi connectivity index (χ2v) is 4.40. The molecule has 0 unspecified atom stereocenters. The Morgan fingerprint density at radius 2 is 2.18 bits per heavy atom. The van der Waals surface area contributed by atoms with Crippen molar-refractivity contribution in [3.05, 3.63) is 29.0 Å². The van der Waals surface area contributed by atoms with Crippen molar-refractivity contribution in [3.8, 4) is 5.75 Å². The van der Waals surface area contributed by atoms with Gasteiger partial charge in [0.1, 0.15) is 11.6 Å². The molecule has 96 valence electrons. The van der Waals surface area contributed by atoms with Crippen LogP contribution in [0.1, 0.15) is 26.2 Å². The Bertz CT molecular complexity index is 346. The van der Waals surface area contributed by atoms with Crippen LogP contribution in [-0.4, -0.2) is 19.7 Å². The Labute approximate surface area is 107 Å². The molecule has 1 aromatic rings. The van der Waals surface area contributed by atoms with Gasteiger partial charge in [0.15, 0.2) is 0 Å². The highest BCUT2D eigenvalue weighted by Crippen LogP contribution is 2.27. The molecular formula is C13H19ClFNO. The molecule has 0 amide bonds. The zero-order chi connectivity index (χ0) is 12.7. The molecule has 0 aliphatic rings. The van der Waals surface area contributed by atoms with E-state index in [0.29, 0.717) is 10.8 Å². The number of benzene rings is 1. The maximum atomic E-state index is 12.9. The fourth-order valence-corrected chi connectivity index (χ4v) is 1.85.